The second kappa shape index (κ2) is 4.50. The van der Waals surface area contributed by atoms with Crippen molar-refractivity contribution in [2.75, 3.05) is 11.9 Å². The molecule has 1 aromatic rings. The van der Waals surface area contributed by atoms with E-state index < -0.39 is 11.7 Å². The number of fused-ring (bicyclic) bond motifs is 1. The number of anilines is 1. The van der Waals surface area contributed by atoms with Crippen LogP contribution in [0.4, 0.5) is 10.5 Å². The summed E-state index contributed by atoms with van der Waals surface area (Å²) in [7, 11) is 1.65. The summed E-state index contributed by atoms with van der Waals surface area (Å²) >= 11 is 0. The van der Waals surface area contributed by atoms with Crippen molar-refractivity contribution in [1.29, 1.82) is 0 Å². The molecular formula is C14H16N2O3. The highest BCUT2D eigenvalue weighted by Crippen LogP contribution is 2.27. The van der Waals surface area contributed by atoms with Crippen LogP contribution in [-0.2, 0) is 9.53 Å². The highest BCUT2D eigenvalue weighted by Gasteiger charge is 2.32. The Morgan fingerprint density at radius 3 is 2.53 bits per heavy atom. The number of likely N-dealkylation sites (N-methyl/N-ethyl adjacent to an activating group) is 1. The number of carbonyl (C=O) groups excluding carboxylic acids is 2. The second-order valence-corrected chi connectivity index (χ2v) is 5.32. The monoisotopic (exact) mass is 260 g/mol. The van der Waals surface area contributed by atoms with E-state index in [1.807, 2.05) is 12.1 Å². The van der Waals surface area contributed by atoms with Crippen molar-refractivity contribution in [2.24, 2.45) is 4.99 Å². The van der Waals surface area contributed by atoms with E-state index in [4.69, 9.17) is 4.74 Å². The number of hydrogen-bond acceptors (Lipinski definition) is 3. The highest BCUT2D eigenvalue weighted by atomic mass is 16.6. The van der Waals surface area contributed by atoms with Gasteiger partial charge < -0.3 is 9.64 Å². The van der Waals surface area contributed by atoms with Crippen LogP contribution in [0, 0.1) is 0 Å². The summed E-state index contributed by atoms with van der Waals surface area (Å²) in [5.74, 6) is -0.299. The molecule has 0 spiro atoms. The predicted molar refractivity (Wildman–Crippen MR) is 72.6 cm³/mol. The van der Waals surface area contributed by atoms with Gasteiger partial charge in [0.2, 0.25) is 0 Å². The fraction of sp³-hybridized carbons (Fsp3) is 0.357. The third kappa shape index (κ3) is 2.65. The van der Waals surface area contributed by atoms with Crippen LogP contribution in [0.3, 0.4) is 0 Å². The zero-order valence-electron chi connectivity index (χ0n) is 11.4. The van der Waals surface area contributed by atoms with E-state index in [-0.39, 0.29) is 11.6 Å². The third-order valence-electron chi connectivity index (χ3n) is 2.62. The Kier molecular flexibility index (Phi) is 3.14. The minimum atomic E-state index is -0.749. The molecule has 5 nitrogen and oxygen atoms in total. The van der Waals surface area contributed by atoms with Crippen LogP contribution in [0.15, 0.2) is 29.3 Å². The number of hydrogen-bond donors (Lipinski definition) is 0. The smallest absolute Gasteiger partial charge is 0.434 e. The molecule has 0 N–H and O–H groups in total. The van der Waals surface area contributed by atoms with Gasteiger partial charge in [0.05, 0.1) is 5.69 Å². The average Bonchev–Trinajstić information content (AvgIpc) is 2.53. The van der Waals surface area contributed by atoms with E-state index in [0.717, 1.165) is 5.69 Å². The van der Waals surface area contributed by atoms with Gasteiger partial charge in [-0.25, -0.2) is 4.79 Å². The summed E-state index contributed by atoms with van der Waals surface area (Å²) in [4.78, 5) is 29.0. The summed E-state index contributed by atoms with van der Waals surface area (Å²) < 4.78 is 5.10. The Labute approximate surface area is 111 Å². The van der Waals surface area contributed by atoms with E-state index in [1.54, 1.807) is 40.0 Å². The Morgan fingerprint density at radius 1 is 1.26 bits per heavy atom. The number of amides is 2. The molecule has 100 valence electrons. The largest absolute Gasteiger partial charge is 0.442 e. The Bertz CT molecular complexity index is 570. The predicted octanol–water partition coefficient (Wildman–Crippen LogP) is 2.39. The van der Waals surface area contributed by atoms with Gasteiger partial charge in [0.15, 0.2) is 0 Å². The van der Waals surface area contributed by atoms with Gasteiger partial charge in [-0.2, -0.15) is 4.99 Å². The Hall–Kier alpha value is -2.17. The van der Waals surface area contributed by atoms with Gasteiger partial charge in [0, 0.05) is 12.6 Å². The van der Waals surface area contributed by atoms with Crippen LogP contribution in [0.1, 0.15) is 26.3 Å². The maximum atomic E-state index is 12.1. The highest BCUT2D eigenvalue weighted by molar-refractivity contribution is 6.55. The molecule has 0 radical (unpaired) electrons. The van der Waals surface area contributed by atoms with Crippen LogP contribution in [0.2, 0.25) is 0 Å². The van der Waals surface area contributed by atoms with Crippen molar-refractivity contribution in [3.05, 3.63) is 29.8 Å². The molecule has 0 unspecified atom stereocenters. The van der Waals surface area contributed by atoms with Crippen molar-refractivity contribution in [3.63, 3.8) is 0 Å². The zero-order valence-corrected chi connectivity index (χ0v) is 11.4. The van der Waals surface area contributed by atoms with E-state index in [9.17, 15) is 9.59 Å². The molecule has 0 aromatic heterocycles. The summed E-state index contributed by atoms with van der Waals surface area (Å²) in [6, 6.07) is 7.21. The summed E-state index contributed by atoms with van der Waals surface area (Å²) in [5.41, 5.74) is 0.900. The fourth-order valence-electron chi connectivity index (χ4n) is 1.83. The molecule has 0 bridgehead atoms. The van der Waals surface area contributed by atoms with E-state index in [2.05, 4.69) is 4.99 Å². The zero-order chi connectivity index (χ0) is 14.2. The minimum absolute atomic E-state index is 0.132. The van der Waals surface area contributed by atoms with E-state index in [0.29, 0.717) is 5.56 Å². The number of nitrogens with zero attached hydrogens (tertiary/aromatic N) is 2. The lowest BCUT2D eigenvalue weighted by molar-refractivity contribution is -0.112. The molecule has 19 heavy (non-hydrogen) atoms. The lowest BCUT2D eigenvalue weighted by Crippen LogP contribution is -2.27. The van der Waals surface area contributed by atoms with Gasteiger partial charge in [-0.05, 0) is 26.8 Å². The first-order chi connectivity index (χ1) is 8.79. The number of rotatable bonds is 0. The average molecular weight is 260 g/mol. The van der Waals surface area contributed by atoms with Crippen LogP contribution in [-0.4, -0.2) is 30.4 Å². The standard InChI is InChI=1S/C14H16N2O3/c1-14(2,3)19-13(18)15-11-9-7-5-6-8-10(9)16(4)12(11)17/h5-8H,1-4H3/b15-11+. The molecule has 1 heterocycles. The molecule has 1 aromatic carbocycles. The van der Waals surface area contributed by atoms with Crippen LogP contribution in [0.25, 0.3) is 0 Å². The molecule has 0 atom stereocenters. The topological polar surface area (TPSA) is 59.0 Å². The molecule has 0 fully saturated rings. The van der Waals surface area contributed by atoms with Crippen molar-refractivity contribution in [2.45, 2.75) is 26.4 Å². The van der Waals surface area contributed by atoms with Crippen LogP contribution < -0.4 is 4.90 Å². The maximum absolute atomic E-state index is 12.1. The van der Waals surface area contributed by atoms with Crippen LogP contribution >= 0.6 is 0 Å². The van der Waals surface area contributed by atoms with E-state index >= 15 is 0 Å². The lowest BCUT2D eigenvalue weighted by atomic mass is 10.1. The Balaban J connectivity index is 2.36. The third-order valence-corrected chi connectivity index (χ3v) is 2.62. The van der Waals surface area contributed by atoms with Gasteiger partial charge in [0.1, 0.15) is 11.3 Å². The Morgan fingerprint density at radius 2 is 1.89 bits per heavy atom. The molecule has 0 aliphatic carbocycles. The SMILES string of the molecule is CN1C(=O)/C(=N/C(=O)OC(C)(C)C)c2ccccc21. The van der Waals surface area contributed by atoms with Crippen molar-refractivity contribution < 1.29 is 14.3 Å². The van der Waals surface area contributed by atoms with Gasteiger partial charge in [0.25, 0.3) is 5.91 Å². The first-order valence-corrected chi connectivity index (χ1v) is 5.99. The maximum Gasteiger partial charge on any atom is 0.434 e. The first-order valence-electron chi connectivity index (χ1n) is 5.99. The minimum Gasteiger partial charge on any atom is -0.442 e. The normalized spacial score (nSPS) is 16.7. The van der Waals surface area contributed by atoms with Gasteiger partial charge in [-0.1, -0.05) is 18.2 Å². The van der Waals surface area contributed by atoms with Gasteiger partial charge in [-0.3, -0.25) is 4.79 Å². The molecular weight excluding hydrogens is 244 g/mol. The number of ether oxygens (including phenoxy) is 1. The van der Waals surface area contributed by atoms with Gasteiger partial charge in [-0.15, -0.1) is 0 Å². The summed E-state index contributed by atoms with van der Waals surface area (Å²) in [5, 5.41) is 0. The number of aliphatic imine (C=N–C) groups is 1. The molecule has 2 rings (SSSR count). The molecule has 0 saturated heterocycles. The molecule has 5 heteroatoms. The van der Waals surface area contributed by atoms with Crippen LogP contribution in [0.5, 0.6) is 0 Å². The molecule has 1 aliphatic heterocycles. The van der Waals surface area contributed by atoms with Gasteiger partial charge >= 0.3 is 6.09 Å². The molecule has 1 aliphatic rings. The van der Waals surface area contributed by atoms with E-state index in [1.165, 1.54) is 4.90 Å². The number of carbonyl (C=O) groups is 2. The summed E-state index contributed by atoms with van der Waals surface area (Å²) in [6.07, 6.45) is -0.749. The fourth-order valence-corrected chi connectivity index (χ4v) is 1.83. The number of benzene rings is 1. The van der Waals surface area contributed by atoms with Crippen molar-refractivity contribution in [1.82, 2.24) is 0 Å². The first kappa shape index (κ1) is 13.3. The van der Waals surface area contributed by atoms with Crippen molar-refractivity contribution >= 4 is 23.4 Å². The van der Waals surface area contributed by atoms with Crippen molar-refractivity contribution in [3.8, 4) is 0 Å². The number of para-hydroxylation sites is 1. The lowest BCUT2D eigenvalue weighted by Gasteiger charge is -2.17. The summed E-state index contributed by atoms with van der Waals surface area (Å²) in [6.45, 7) is 5.25. The second-order valence-electron chi connectivity index (χ2n) is 5.32. The molecule has 0 saturated carbocycles. The quantitative estimate of drug-likeness (QED) is 0.719. The molecule has 2 amide bonds.